The lowest BCUT2D eigenvalue weighted by Crippen LogP contribution is -2.50. The monoisotopic (exact) mass is 508 g/mol. The van der Waals surface area contributed by atoms with Crippen molar-refractivity contribution < 1.29 is 9.47 Å². The fourth-order valence-corrected chi connectivity index (χ4v) is 4.51. The first-order valence-electron chi connectivity index (χ1n) is 11.3. The molecule has 1 saturated carbocycles. The molecule has 2 aliphatic heterocycles. The Labute approximate surface area is 188 Å². The van der Waals surface area contributed by atoms with E-state index in [-0.39, 0.29) is 24.0 Å². The van der Waals surface area contributed by atoms with E-state index in [0.29, 0.717) is 12.0 Å². The summed E-state index contributed by atoms with van der Waals surface area (Å²) in [5, 5.41) is 7.06. The number of nitrogens with one attached hydrogen (secondary N) is 2. The molecule has 1 atom stereocenters. The molecule has 1 unspecified atom stereocenters. The van der Waals surface area contributed by atoms with E-state index >= 15 is 0 Å². The van der Waals surface area contributed by atoms with E-state index in [1.54, 1.807) is 0 Å². The molecule has 0 aromatic rings. The van der Waals surface area contributed by atoms with Crippen LogP contribution < -0.4 is 10.6 Å². The molecule has 7 heteroatoms. The Kier molecular flexibility index (Phi) is 12.1. The standard InChI is InChI=1S/C21H40N4O2.HI/c1-2-22-21(23-11-5-14-26-16-18-10-15-27-17-18)24-19-8-12-25(13-9-19)20-6-3-4-7-20;/h18-20H,2-17H2,1H3,(H2,22,23,24);1H. The molecule has 0 spiro atoms. The van der Waals surface area contributed by atoms with Crippen molar-refractivity contribution in [2.75, 3.05) is 52.6 Å². The number of aliphatic imine (C=N–C) groups is 1. The van der Waals surface area contributed by atoms with Gasteiger partial charge in [-0.05, 0) is 45.4 Å². The molecule has 0 amide bonds. The molecule has 0 radical (unpaired) electrons. The summed E-state index contributed by atoms with van der Waals surface area (Å²) in [5.74, 6) is 1.57. The number of piperidine rings is 1. The molecule has 2 heterocycles. The summed E-state index contributed by atoms with van der Waals surface area (Å²) >= 11 is 0. The Bertz CT molecular complexity index is 432. The van der Waals surface area contributed by atoms with Crippen LogP contribution in [0.4, 0.5) is 0 Å². The maximum atomic E-state index is 5.77. The average molecular weight is 508 g/mol. The molecule has 0 aromatic heterocycles. The van der Waals surface area contributed by atoms with Crippen LogP contribution in [0, 0.1) is 5.92 Å². The highest BCUT2D eigenvalue weighted by Gasteiger charge is 2.27. The topological polar surface area (TPSA) is 58.1 Å². The highest BCUT2D eigenvalue weighted by atomic mass is 127. The van der Waals surface area contributed by atoms with Crippen molar-refractivity contribution in [1.29, 1.82) is 0 Å². The van der Waals surface area contributed by atoms with Gasteiger partial charge in [-0.3, -0.25) is 4.99 Å². The quantitative estimate of drug-likeness (QED) is 0.217. The van der Waals surface area contributed by atoms with Gasteiger partial charge in [0, 0.05) is 57.4 Å². The third-order valence-corrected chi connectivity index (χ3v) is 6.15. The molecule has 0 aromatic carbocycles. The van der Waals surface area contributed by atoms with E-state index in [2.05, 4.69) is 22.5 Å². The van der Waals surface area contributed by atoms with Crippen molar-refractivity contribution >= 4 is 29.9 Å². The van der Waals surface area contributed by atoms with Crippen LogP contribution in [0.25, 0.3) is 0 Å². The summed E-state index contributed by atoms with van der Waals surface area (Å²) in [6.07, 6.45) is 10.3. The Hall–Kier alpha value is -0.120. The van der Waals surface area contributed by atoms with E-state index < -0.39 is 0 Å². The predicted molar refractivity (Wildman–Crippen MR) is 126 cm³/mol. The number of hydrogen-bond donors (Lipinski definition) is 2. The van der Waals surface area contributed by atoms with Crippen LogP contribution >= 0.6 is 24.0 Å². The SMILES string of the molecule is CCNC(=NCCCOCC1CCOC1)NC1CCN(C2CCCC2)CC1.I. The number of rotatable bonds is 9. The van der Waals surface area contributed by atoms with Gasteiger partial charge in [0.2, 0.25) is 0 Å². The molecular weight excluding hydrogens is 467 g/mol. The smallest absolute Gasteiger partial charge is 0.191 e. The zero-order valence-electron chi connectivity index (χ0n) is 17.7. The highest BCUT2D eigenvalue weighted by molar-refractivity contribution is 14.0. The molecule has 3 aliphatic rings. The van der Waals surface area contributed by atoms with Crippen LogP contribution in [0.2, 0.25) is 0 Å². The van der Waals surface area contributed by atoms with Gasteiger partial charge in [0.05, 0.1) is 13.2 Å². The van der Waals surface area contributed by atoms with Gasteiger partial charge in [-0.2, -0.15) is 0 Å². The first-order valence-corrected chi connectivity index (χ1v) is 11.3. The molecule has 2 saturated heterocycles. The third-order valence-electron chi connectivity index (χ3n) is 6.15. The van der Waals surface area contributed by atoms with Gasteiger partial charge in [0.25, 0.3) is 0 Å². The van der Waals surface area contributed by atoms with Crippen LogP contribution in [0.1, 0.15) is 58.3 Å². The summed E-state index contributed by atoms with van der Waals surface area (Å²) < 4.78 is 11.2. The lowest BCUT2D eigenvalue weighted by atomic mass is 10.0. The number of ether oxygens (including phenoxy) is 2. The molecule has 3 rings (SSSR count). The predicted octanol–water partition coefficient (Wildman–Crippen LogP) is 3.01. The Balaban J connectivity index is 0.00000280. The second-order valence-electron chi connectivity index (χ2n) is 8.31. The van der Waals surface area contributed by atoms with Gasteiger partial charge < -0.3 is 25.0 Å². The second kappa shape index (κ2) is 14.0. The minimum Gasteiger partial charge on any atom is -0.381 e. The molecule has 3 fully saturated rings. The van der Waals surface area contributed by atoms with E-state index in [4.69, 9.17) is 14.5 Å². The molecule has 0 bridgehead atoms. The van der Waals surface area contributed by atoms with Crippen molar-refractivity contribution in [3.05, 3.63) is 0 Å². The summed E-state index contributed by atoms with van der Waals surface area (Å²) in [7, 11) is 0. The van der Waals surface area contributed by atoms with Crippen molar-refractivity contribution in [3.8, 4) is 0 Å². The van der Waals surface area contributed by atoms with E-state index in [9.17, 15) is 0 Å². The molecular formula is C21H41IN4O2. The number of likely N-dealkylation sites (tertiary alicyclic amines) is 1. The Morgan fingerprint density at radius 2 is 1.93 bits per heavy atom. The van der Waals surface area contributed by atoms with Crippen molar-refractivity contribution in [3.63, 3.8) is 0 Å². The second-order valence-corrected chi connectivity index (χ2v) is 8.31. The lowest BCUT2D eigenvalue weighted by molar-refractivity contribution is 0.0893. The van der Waals surface area contributed by atoms with Gasteiger partial charge in [0.15, 0.2) is 5.96 Å². The van der Waals surface area contributed by atoms with Crippen LogP contribution in [-0.2, 0) is 9.47 Å². The fourth-order valence-electron chi connectivity index (χ4n) is 4.51. The van der Waals surface area contributed by atoms with Gasteiger partial charge in [-0.1, -0.05) is 12.8 Å². The maximum Gasteiger partial charge on any atom is 0.191 e. The minimum absolute atomic E-state index is 0. The van der Waals surface area contributed by atoms with E-state index in [0.717, 1.165) is 64.4 Å². The zero-order chi connectivity index (χ0) is 18.7. The van der Waals surface area contributed by atoms with Gasteiger partial charge in [-0.15, -0.1) is 24.0 Å². The van der Waals surface area contributed by atoms with E-state index in [1.807, 2.05) is 0 Å². The van der Waals surface area contributed by atoms with Crippen molar-refractivity contribution in [2.45, 2.75) is 70.4 Å². The first kappa shape index (κ1) is 24.2. The van der Waals surface area contributed by atoms with Crippen molar-refractivity contribution in [2.24, 2.45) is 10.9 Å². The van der Waals surface area contributed by atoms with Crippen molar-refractivity contribution in [1.82, 2.24) is 15.5 Å². The molecule has 6 nitrogen and oxygen atoms in total. The largest absolute Gasteiger partial charge is 0.381 e. The van der Waals surface area contributed by atoms with Crippen LogP contribution in [0.15, 0.2) is 4.99 Å². The lowest BCUT2D eigenvalue weighted by Gasteiger charge is -2.36. The minimum atomic E-state index is 0. The number of nitrogens with zero attached hydrogens (tertiary/aromatic N) is 2. The molecule has 2 N–H and O–H groups in total. The van der Waals surface area contributed by atoms with Gasteiger partial charge in [0.1, 0.15) is 0 Å². The van der Waals surface area contributed by atoms with Gasteiger partial charge in [-0.25, -0.2) is 0 Å². The highest BCUT2D eigenvalue weighted by Crippen LogP contribution is 2.26. The summed E-state index contributed by atoms with van der Waals surface area (Å²) in [6.45, 7) is 9.72. The van der Waals surface area contributed by atoms with Gasteiger partial charge >= 0.3 is 0 Å². The summed E-state index contributed by atoms with van der Waals surface area (Å²) in [4.78, 5) is 7.47. The third kappa shape index (κ3) is 8.32. The number of halogens is 1. The Morgan fingerprint density at radius 1 is 1.14 bits per heavy atom. The number of hydrogen-bond acceptors (Lipinski definition) is 4. The molecule has 164 valence electrons. The number of guanidine groups is 1. The first-order chi connectivity index (χ1) is 13.3. The summed E-state index contributed by atoms with van der Waals surface area (Å²) in [5.41, 5.74) is 0. The van der Waals surface area contributed by atoms with Crippen LogP contribution in [0.3, 0.4) is 0 Å². The van der Waals surface area contributed by atoms with E-state index in [1.165, 1.54) is 51.6 Å². The van der Waals surface area contributed by atoms with Crippen LogP contribution in [-0.4, -0.2) is 75.5 Å². The fraction of sp³-hybridized carbons (Fsp3) is 0.952. The zero-order valence-corrected chi connectivity index (χ0v) is 20.0. The molecule has 1 aliphatic carbocycles. The average Bonchev–Trinajstić information content (AvgIpc) is 3.39. The normalized spacial score (nSPS) is 25.0. The summed E-state index contributed by atoms with van der Waals surface area (Å²) in [6, 6.07) is 1.42. The molecule has 28 heavy (non-hydrogen) atoms. The Morgan fingerprint density at radius 3 is 2.61 bits per heavy atom. The maximum absolute atomic E-state index is 5.77. The van der Waals surface area contributed by atoms with Crippen LogP contribution in [0.5, 0.6) is 0 Å².